The number of nitrogens with two attached hydrogens (primary N) is 1. The maximum atomic E-state index is 5.88. The Morgan fingerprint density at radius 2 is 2.25 bits per heavy atom. The summed E-state index contributed by atoms with van der Waals surface area (Å²) in [7, 11) is 0. The standard InChI is InChI=1S/C12H13ClN6S/c1-2-5-19-10(7-3-4-7)17-18-12(19)20-9-6-8(13)15-11(14)16-9/h2,6-7H,1,3-5H2,(H2,14,15,16). The van der Waals surface area contributed by atoms with Crippen LogP contribution in [0.3, 0.4) is 0 Å². The Morgan fingerprint density at radius 3 is 2.90 bits per heavy atom. The van der Waals surface area contributed by atoms with E-state index < -0.39 is 0 Å². The van der Waals surface area contributed by atoms with Gasteiger partial charge in [-0.25, -0.2) is 9.97 Å². The number of hydrogen-bond donors (Lipinski definition) is 1. The Kier molecular flexibility index (Phi) is 3.62. The number of allylic oxidation sites excluding steroid dienone is 1. The summed E-state index contributed by atoms with van der Waals surface area (Å²) >= 11 is 7.25. The van der Waals surface area contributed by atoms with Crippen molar-refractivity contribution >= 4 is 29.3 Å². The molecule has 2 heterocycles. The Bertz CT molecular complexity index is 631. The van der Waals surface area contributed by atoms with Crippen LogP contribution in [0.5, 0.6) is 0 Å². The molecule has 0 aliphatic heterocycles. The van der Waals surface area contributed by atoms with Gasteiger partial charge in [-0.2, -0.15) is 0 Å². The van der Waals surface area contributed by atoms with Crippen molar-refractivity contribution in [1.82, 2.24) is 24.7 Å². The zero-order valence-corrected chi connectivity index (χ0v) is 12.2. The molecular formula is C12H13ClN6S. The van der Waals surface area contributed by atoms with Gasteiger partial charge in [-0.3, -0.25) is 0 Å². The van der Waals surface area contributed by atoms with Crippen LogP contribution in [0.15, 0.2) is 28.9 Å². The zero-order valence-electron chi connectivity index (χ0n) is 10.7. The van der Waals surface area contributed by atoms with Gasteiger partial charge in [-0.05, 0) is 24.6 Å². The smallest absolute Gasteiger partial charge is 0.222 e. The van der Waals surface area contributed by atoms with Crippen molar-refractivity contribution in [2.24, 2.45) is 0 Å². The van der Waals surface area contributed by atoms with E-state index in [0.717, 1.165) is 11.0 Å². The summed E-state index contributed by atoms with van der Waals surface area (Å²) in [5.41, 5.74) is 5.59. The molecule has 0 bridgehead atoms. The number of hydrogen-bond acceptors (Lipinski definition) is 6. The summed E-state index contributed by atoms with van der Waals surface area (Å²) in [6, 6.07) is 1.66. The van der Waals surface area contributed by atoms with Gasteiger partial charge >= 0.3 is 0 Å². The van der Waals surface area contributed by atoms with Gasteiger partial charge in [0.2, 0.25) is 5.95 Å². The highest BCUT2D eigenvalue weighted by Crippen LogP contribution is 2.40. The molecule has 6 nitrogen and oxygen atoms in total. The summed E-state index contributed by atoms with van der Waals surface area (Å²) in [4.78, 5) is 7.98. The van der Waals surface area contributed by atoms with E-state index in [1.165, 1.54) is 24.6 Å². The molecule has 3 rings (SSSR count). The number of halogens is 1. The molecule has 1 fully saturated rings. The fourth-order valence-corrected chi connectivity index (χ4v) is 2.99. The lowest BCUT2D eigenvalue weighted by molar-refractivity contribution is 0.681. The van der Waals surface area contributed by atoms with Crippen LogP contribution in [0, 0.1) is 0 Å². The highest BCUT2D eigenvalue weighted by Gasteiger charge is 2.30. The van der Waals surface area contributed by atoms with E-state index in [1.54, 1.807) is 6.07 Å². The Balaban J connectivity index is 1.91. The summed E-state index contributed by atoms with van der Waals surface area (Å²) in [5, 5.41) is 10.2. The lowest BCUT2D eigenvalue weighted by Gasteiger charge is -2.06. The van der Waals surface area contributed by atoms with Crippen LogP contribution < -0.4 is 5.73 Å². The largest absolute Gasteiger partial charge is 0.368 e. The molecule has 0 atom stereocenters. The molecule has 1 aliphatic rings. The van der Waals surface area contributed by atoms with E-state index in [2.05, 4.69) is 31.3 Å². The van der Waals surface area contributed by atoms with Crippen LogP contribution in [0.25, 0.3) is 0 Å². The molecule has 0 aromatic carbocycles. The fourth-order valence-electron chi connectivity index (χ4n) is 1.88. The second-order valence-corrected chi connectivity index (χ2v) is 5.88. The monoisotopic (exact) mass is 308 g/mol. The van der Waals surface area contributed by atoms with E-state index in [1.807, 2.05) is 6.08 Å². The number of nitrogens with zero attached hydrogens (tertiary/aromatic N) is 5. The second-order valence-electron chi connectivity index (χ2n) is 4.50. The number of aromatic nitrogens is 5. The van der Waals surface area contributed by atoms with Gasteiger partial charge in [0.25, 0.3) is 0 Å². The minimum absolute atomic E-state index is 0.150. The third kappa shape index (κ3) is 2.78. The van der Waals surface area contributed by atoms with Gasteiger partial charge in [-0.15, -0.1) is 16.8 Å². The number of rotatable bonds is 5. The zero-order chi connectivity index (χ0) is 14.1. The molecule has 0 amide bonds. The van der Waals surface area contributed by atoms with Crippen LogP contribution in [0.1, 0.15) is 24.6 Å². The van der Waals surface area contributed by atoms with Crippen LogP contribution in [0.2, 0.25) is 5.15 Å². The minimum Gasteiger partial charge on any atom is -0.368 e. The van der Waals surface area contributed by atoms with E-state index in [4.69, 9.17) is 17.3 Å². The normalized spacial score (nSPS) is 14.4. The van der Waals surface area contributed by atoms with Crippen LogP contribution >= 0.6 is 23.4 Å². The van der Waals surface area contributed by atoms with Crippen LogP contribution in [-0.4, -0.2) is 24.7 Å². The predicted molar refractivity (Wildman–Crippen MR) is 77.8 cm³/mol. The molecule has 0 saturated heterocycles. The molecule has 2 aromatic heterocycles. The summed E-state index contributed by atoms with van der Waals surface area (Å²) in [5.74, 6) is 1.69. The first-order chi connectivity index (χ1) is 9.67. The highest BCUT2D eigenvalue weighted by atomic mass is 35.5. The molecule has 0 spiro atoms. The predicted octanol–water partition coefficient (Wildman–Crippen LogP) is 2.52. The van der Waals surface area contributed by atoms with Gasteiger partial charge in [-0.1, -0.05) is 17.7 Å². The highest BCUT2D eigenvalue weighted by molar-refractivity contribution is 7.99. The topological polar surface area (TPSA) is 82.5 Å². The third-order valence-electron chi connectivity index (χ3n) is 2.88. The number of nitrogen functional groups attached to an aromatic ring is 1. The second kappa shape index (κ2) is 5.41. The van der Waals surface area contributed by atoms with Gasteiger partial charge in [0.15, 0.2) is 5.16 Å². The first-order valence-electron chi connectivity index (χ1n) is 6.19. The molecule has 0 radical (unpaired) electrons. The summed E-state index contributed by atoms with van der Waals surface area (Å²) in [6.07, 6.45) is 4.18. The molecule has 0 unspecified atom stereocenters. The van der Waals surface area contributed by atoms with Crippen molar-refractivity contribution in [3.8, 4) is 0 Å². The molecule has 1 aliphatic carbocycles. The molecular weight excluding hydrogens is 296 g/mol. The molecule has 104 valence electrons. The quantitative estimate of drug-likeness (QED) is 0.675. The van der Waals surface area contributed by atoms with Gasteiger partial charge in [0.1, 0.15) is 16.0 Å². The van der Waals surface area contributed by atoms with Crippen molar-refractivity contribution in [1.29, 1.82) is 0 Å². The van der Waals surface area contributed by atoms with Crippen molar-refractivity contribution in [3.05, 3.63) is 29.7 Å². The van der Waals surface area contributed by atoms with Gasteiger partial charge in [0.05, 0.1) is 0 Å². The third-order valence-corrected chi connectivity index (χ3v) is 3.98. The van der Waals surface area contributed by atoms with E-state index in [-0.39, 0.29) is 5.95 Å². The van der Waals surface area contributed by atoms with Gasteiger partial charge < -0.3 is 10.3 Å². The minimum atomic E-state index is 0.150. The Morgan fingerprint density at radius 1 is 1.45 bits per heavy atom. The first kappa shape index (κ1) is 13.4. The lowest BCUT2D eigenvalue weighted by atomic mass is 10.4. The van der Waals surface area contributed by atoms with Crippen molar-refractivity contribution in [3.63, 3.8) is 0 Å². The average molecular weight is 309 g/mol. The molecule has 2 aromatic rings. The number of anilines is 1. The van der Waals surface area contributed by atoms with Crippen molar-refractivity contribution in [2.75, 3.05) is 5.73 Å². The van der Waals surface area contributed by atoms with E-state index in [9.17, 15) is 0 Å². The maximum Gasteiger partial charge on any atom is 0.222 e. The van der Waals surface area contributed by atoms with Crippen LogP contribution in [0.4, 0.5) is 5.95 Å². The van der Waals surface area contributed by atoms with Gasteiger partial charge in [0, 0.05) is 18.5 Å². The maximum absolute atomic E-state index is 5.88. The van der Waals surface area contributed by atoms with Crippen molar-refractivity contribution in [2.45, 2.75) is 35.5 Å². The van der Waals surface area contributed by atoms with Crippen LogP contribution in [-0.2, 0) is 6.54 Å². The molecule has 2 N–H and O–H groups in total. The average Bonchev–Trinajstić information content (AvgIpc) is 3.14. The lowest BCUT2D eigenvalue weighted by Crippen LogP contribution is -2.03. The molecule has 1 saturated carbocycles. The Labute approximate surface area is 125 Å². The van der Waals surface area contributed by atoms with E-state index >= 15 is 0 Å². The first-order valence-corrected chi connectivity index (χ1v) is 7.38. The summed E-state index contributed by atoms with van der Waals surface area (Å²) in [6.45, 7) is 4.46. The molecule has 20 heavy (non-hydrogen) atoms. The SMILES string of the molecule is C=CCn1c(Sc2cc(Cl)nc(N)n2)nnc1C1CC1. The van der Waals surface area contributed by atoms with E-state index in [0.29, 0.717) is 22.6 Å². The summed E-state index contributed by atoms with van der Waals surface area (Å²) < 4.78 is 2.06. The Hall–Kier alpha value is -1.60. The molecule has 8 heteroatoms. The fraction of sp³-hybridized carbons (Fsp3) is 0.333. The van der Waals surface area contributed by atoms with Crippen molar-refractivity contribution < 1.29 is 0 Å².